The molecule has 0 atom stereocenters. The molecule has 9 rings (SSSR count). The molecule has 48 heavy (non-hydrogen) atoms. The summed E-state index contributed by atoms with van der Waals surface area (Å²) in [6.07, 6.45) is 14.1. The van der Waals surface area contributed by atoms with E-state index in [1.54, 1.807) is 0 Å². The first kappa shape index (κ1) is 28.6. The highest BCUT2D eigenvalue weighted by Gasteiger charge is 2.16. The van der Waals surface area contributed by atoms with Gasteiger partial charge >= 0.3 is 0 Å². The molecule has 3 heterocycles. The van der Waals surface area contributed by atoms with Crippen LogP contribution in [0.4, 0.5) is 0 Å². The molecule has 0 spiro atoms. The molecule has 3 aromatic heterocycles. The number of benzene rings is 5. The van der Waals surface area contributed by atoms with Crippen molar-refractivity contribution in [2.75, 3.05) is 0 Å². The molecule has 0 fully saturated rings. The van der Waals surface area contributed by atoms with E-state index in [1.165, 1.54) is 81.5 Å². The maximum absolute atomic E-state index is 2.44. The lowest BCUT2D eigenvalue weighted by atomic mass is 10.0. The second kappa shape index (κ2) is 11.6. The lowest BCUT2D eigenvalue weighted by Crippen LogP contribution is -1.96. The fourth-order valence-electron chi connectivity index (χ4n) is 7.59. The zero-order valence-electron chi connectivity index (χ0n) is 27.0. The van der Waals surface area contributed by atoms with E-state index in [4.69, 9.17) is 0 Å². The van der Waals surface area contributed by atoms with E-state index in [1.807, 2.05) is 11.3 Å². The SMILES string of the molecule is Cc1cccc2c1c(C)cc(-c1cccc(-n3c4ccccc4c4c5ccc6ccsc6c5ccc43)c1)cccn2C1=CCC=CC=C1. The minimum absolute atomic E-state index is 0.910. The van der Waals surface area contributed by atoms with Gasteiger partial charge < -0.3 is 9.13 Å². The summed E-state index contributed by atoms with van der Waals surface area (Å²) < 4.78 is 6.12. The van der Waals surface area contributed by atoms with Crippen molar-refractivity contribution in [3.8, 4) is 16.8 Å². The first-order valence-electron chi connectivity index (χ1n) is 16.6. The lowest BCUT2D eigenvalue weighted by molar-refractivity contribution is 1.14. The average molecular weight is 635 g/mol. The van der Waals surface area contributed by atoms with Crippen LogP contribution in [0.1, 0.15) is 17.5 Å². The van der Waals surface area contributed by atoms with Crippen LogP contribution in [0.3, 0.4) is 0 Å². The number of hydrogen-bond donors (Lipinski definition) is 0. The Balaban J connectivity index is 1.27. The molecular formula is C45H34N2S. The number of allylic oxidation sites excluding steroid dienone is 6. The molecule has 0 saturated heterocycles. The van der Waals surface area contributed by atoms with Gasteiger partial charge in [-0.1, -0.05) is 97.1 Å². The molecule has 0 N–H and O–H groups in total. The van der Waals surface area contributed by atoms with Gasteiger partial charge in [-0.25, -0.2) is 0 Å². The second-order valence-electron chi connectivity index (χ2n) is 12.6. The Morgan fingerprint density at radius 3 is 2.40 bits per heavy atom. The molecule has 5 aromatic carbocycles. The van der Waals surface area contributed by atoms with E-state index >= 15 is 0 Å². The summed E-state index contributed by atoms with van der Waals surface area (Å²) in [6.45, 7) is 4.46. The summed E-state index contributed by atoms with van der Waals surface area (Å²) in [7, 11) is 0. The topological polar surface area (TPSA) is 9.86 Å². The molecule has 0 bridgehead atoms. The monoisotopic (exact) mass is 634 g/mol. The third kappa shape index (κ3) is 4.62. The van der Waals surface area contributed by atoms with Crippen LogP contribution in [0.5, 0.6) is 0 Å². The summed E-state index contributed by atoms with van der Waals surface area (Å²) in [6, 6.07) is 42.7. The normalized spacial score (nSPS) is 13.1. The van der Waals surface area contributed by atoms with Gasteiger partial charge in [0.25, 0.3) is 0 Å². The standard InChI is InChI=1S/C45H34N2S/c1-30-12-9-20-41-43(30)31(2)28-33(14-11-26-46(41)35-15-5-3-4-6-16-35)34-13-10-17-36(29-34)47-40-19-8-7-18-39(40)44-37-22-21-32-25-27-48-45(32)38(37)23-24-42(44)47/h3-5,7-29H,6H2,1-2H3. The summed E-state index contributed by atoms with van der Waals surface area (Å²) in [5.41, 5.74) is 10.8. The van der Waals surface area contributed by atoms with Crippen LogP contribution in [0.15, 0.2) is 157 Å². The van der Waals surface area contributed by atoms with Gasteiger partial charge in [-0.2, -0.15) is 0 Å². The Bertz CT molecular complexity index is 2720. The maximum atomic E-state index is 2.44. The highest BCUT2D eigenvalue weighted by atomic mass is 32.1. The molecule has 8 aromatic rings. The van der Waals surface area contributed by atoms with E-state index in [0.717, 1.165) is 12.1 Å². The number of fused-ring (bicyclic) bond motifs is 8. The predicted octanol–water partition coefficient (Wildman–Crippen LogP) is 12.9. The maximum Gasteiger partial charge on any atom is 0.0547 e. The van der Waals surface area contributed by atoms with Crippen molar-refractivity contribution in [3.05, 3.63) is 168 Å². The lowest BCUT2D eigenvalue weighted by Gasteiger charge is -2.12. The van der Waals surface area contributed by atoms with Crippen molar-refractivity contribution in [1.29, 1.82) is 0 Å². The molecule has 3 heteroatoms. The van der Waals surface area contributed by atoms with Crippen LogP contribution in [-0.4, -0.2) is 9.13 Å². The Morgan fingerprint density at radius 1 is 0.604 bits per heavy atom. The number of thiophene rings is 1. The quantitative estimate of drug-likeness (QED) is 0.183. The van der Waals surface area contributed by atoms with E-state index in [2.05, 4.69) is 180 Å². The van der Waals surface area contributed by atoms with Crippen molar-refractivity contribution in [1.82, 2.24) is 9.13 Å². The van der Waals surface area contributed by atoms with Gasteiger partial charge in [-0.15, -0.1) is 11.3 Å². The van der Waals surface area contributed by atoms with Crippen molar-refractivity contribution in [2.45, 2.75) is 20.3 Å². The van der Waals surface area contributed by atoms with Gasteiger partial charge in [-0.3, -0.25) is 0 Å². The number of para-hydroxylation sites is 1. The van der Waals surface area contributed by atoms with Crippen LogP contribution in [0, 0.1) is 13.8 Å². The van der Waals surface area contributed by atoms with E-state index in [-0.39, 0.29) is 0 Å². The van der Waals surface area contributed by atoms with Gasteiger partial charge in [-0.05, 0) is 107 Å². The minimum atomic E-state index is 0.910. The molecule has 0 radical (unpaired) electrons. The average Bonchev–Trinajstić information content (AvgIpc) is 3.65. The van der Waals surface area contributed by atoms with Crippen molar-refractivity contribution >= 4 is 70.6 Å². The molecule has 1 aliphatic carbocycles. The zero-order valence-corrected chi connectivity index (χ0v) is 27.8. The Hall–Kier alpha value is -5.64. The smallest absolute Gasteiger partial charge is 0.0547 e. The molecule has 230 valence electrons. The Morgan fingerprint density at radius 2 is 1.44 bits per heavy atom. The number of hydrogen-bond acceptors (Lipinski definition) is 1. The van der Waals surface area contributed by atoms with E-state index < -0.39 is 0 Å². The number of rotatable bonds is 3. The second-order valence-corrected chi connectivity index (χ2v) is 13.6. The number of aryl methyl sites for hydroxylation is 2. The minimum Gasteiger partial charge on any atom is -0.317 e. The Labute approximate surface area is 284 Å². The number of aromatic nitrogens is 2. The Kier molecular flexibility index (Phi) is 6.88. The van der Waals surface area contributed by atoms with Gasteiger partial charge in [0.15, 0.2) is 0 Å². The van der Waals surface area contributed by atoms with E-state index in [9.17, 15) is 0 Å². The highest BCUT2D eigenvalue weighted by Crippen LogP contribution is 2.40. The molecule has 0 unspecified atom stereocenters. The third-order valence-corrected chi connectivity index (χ3v) is 10.7. The summed E-state index contributed by atoms with van der Waals surface area (Å²) >= 11 is 1.83. The summed E-state index contributed by atoms with van der Waals surface area (Å²) in [5, 5.41) is 10.0. The van der Waals surface area contributed by atoms with Crippen molar-refractivity contribution in [3.63, 3.8) is 0 Å². The van der Waals surface area contributed by atoms with Crippen LogP contribution < -0.4 is 0 Å². The van der Waals surface area contributed by atoms with Gasteiger partial charge in [0.05, 0.1) is 16.6 Å². The largest absolute Gasteiger partial charge is 0.317 e. The molecular weight excluding hydrogens is 601 g/mol. The number of nitrogens with zero attached hydrogens (tertiary/aromatic N) is 2. The molecule has 1 aliphatic rings. The van der Waals surface area contributed by atoms with Crippen molar-refractivity contribution in [2.24, 2.45) is 0 Å². The molecule has 0 saturated carbocycles. The predicted molar refractivity (Wildman–Crippen MR) is 209 cm³/mol. The molecule has 2 nitrogen and oxygen atoms in total. The van der Waals surface area contributed by atoms with Crippen molar-refractivity contribution < 1.29 is 0 Å². The molecule has 0 aliphatic heterocycles. The van der Waals surface area contributed by atoms with Crippen LogP contribution >= 0.6 is 11.3 Å². The van der Waals surface area contributed by atoms with Crippen LogP contribution in [0.2, 0.25) is 0 Å². The first-order chi connectivity index (χ1) is 23.7. The fourth-order valence-corrected chi connectivity index (χ4v) is 8.52. The van der Waals surface area contributed by atoms with Crippen LogP contribution in [0.25, 0.3) is 76.1 Å². The van der Waals surface area contributed by atoms with Gasteiger partial charge in [0, 0.05) is 43.8 Å². The third-order valence-electron chi connectivity index (χ3n) is 9.73. The molecule has 0 amide bonds. The van der Waals surface area contributed by atoms with Gasteiger partial charge in [0.1, 0.15) is 0 Å². The van der Waals surface area contributed by atoms with E-state index in [0.29, 0.717) is 0 Å². The fraction of sp³-hybridized carbons (Fsp3) is 0.0667. The first-order valence-corrected chi connectivity index (χ1v) is 17.5. The summed E-state index contributed by atoms with van der Waals surface area (Å²) in [4.78, 5) is 0. The van der Waals surface area contributed by atoms with Gasteiger partial charge in [0.2, 0.25) is 0 Å². The zero-order chi connectivity index (χ0) is 32.2. The summed E-state index contributed by atoms with van der Waals surface area (Å²) in [5.74, 6) is 0. The highest BCUT2D eigenvalue weighted by molar-refractivity contribution is 7.18. The van der Waals surface area contributed by atoms with Crippen LogP contribution in [-0.2, 0) is 0 Å².